The summed E-state index contributed by atoms with van der Waals surface area (Å²) in [6, 6.07) is 3.16. The first-order chi connectivity index (χ1) is 15.7. The molecule has 1 aromatic carbocycles. The van der Waals surface area contributed by atoms with Gasteiger partial charge < -0.3 is 20.4 Å². The van der Waals surface area contributed by atoms with Crippen LogP contribution in [0.25, 0.3) is 0 Å². The molecule has 2 atom stereocenters. The van der Waals surface area contributed by atoms with Gasteiger partial charge in [0.15, 0.2) is 0 Å². The van der Waals surface area contributed by atoms with Crippen molar-refractivity contribution < 1.29 is 14.3 Å². The van der Waals surface area contributed by atoms with Crippen LogP contribution in [0.5, 0.6) is 0 Å². The number of halogens is 2. The van der Waals surface area contributed by atoms with Crippen LogP contribution in [0.4, 0.5) is 11.4 Å². The van der Waals surface area contributed by atoms with Crippen molar-refractivity contribution in [3.05, 3.63) is 40.4 Å². The summed E-state index contributed by atoms with van der Waals surface area (Å²) in [6.07, 6.45) is 4.57. The maximum atomic E-state index is 13.7. The molecule has 9 nitrogen and oxygen atoms in total. The van der Waals surface area contributed by atoms with Crippen molar-refractivity contribution in [2.75, 3.05) is 30.7 Å². The number of aromatic nitrogens is 2. The molecule has 33 heavy (non-hydrogen) atoms. The van der Waals surface area contributed by atoms with E-state index in [2.05, 4.69) is 15.3 Å². The second-order valence-electron chi connectivity index (χ2n) is 7.96. The Labute approximate surface area is 202 Å². The lowest BCUT2D eigenvalue weighted by Gasteiger charge is -2.30. The third-order valence-electron chi connectivity index (χ3n) is 5.62. The van der Waals surface area contributed by atoms with E-state index in [1.165, 1.54) is 6.92 Å². The molecule has 1 unspecified atom stereocenters. The molecule has 178 valence electrons. The Bertz CT molecular complexity index is 1030. The average molecular weight is 495 g/mol. The third kappa shape index (κ3) is 5.97. The molecule has 1 amide bonds. The predicted octanol–water partition coefficient (Wildman–Crippen LogP) is 3.37. The quantitative estimate of drug-likeness (QED) is 0.429. The number of ether oxygens (including phenoxy) is 1. The number of rotatable bonds is 8. The van der Waals surface area contributed by atoms with Crippen LogP contribution in [0.15, 0.2) is 29.6 Å². The van der Waals surface area contributed by atoms with Gasteiger partial charge in [-0.25, -0.2) is 4.98 Å². The number of anilines is 2. The number of nitrogen functional groups attached to an aromatic ring is 1. The maximum Gasteiger partial charge on any atom is 0.302 e. The third-order valence-corrected chi connectivity index (χ3v) is 6.22. The van der Waals surface area contributed by atoms with Crippen molar-refractivity contribution >= 4 is 52.4 Å². The van der Waals surface area contributed by atoms with E-state index in [0.717, 1.165) is 5.69 Å². The number of amides is 1. The largest absolute Gasteiger partial charge is 0.466 e. The molecule has 0 spiro atoms. The van der Waals surface area contributed by atoms with Crippen LogP contribution in [-0.2, 0) is 27.8 Å². The van der Waals surface area contributed by atoms with E-state index in [0.29, 0.717) is 53.3 Å². The lowest BCUT2D eigenvalue weighted by molar-refractivity contribution is -0.145. The van der Waals surface area contributed by atoms with Crippen molar-refractivity contribution in [1.29, 1.82) is 0 Å². The Kier molecular flexibility index (Phi) is 8.20. The molecule has 1 aliphatic heterocycles. The molecule has 2 aromatic rings. The molecular formula is C22H28Cl2N6O3. The van der Waals surface area contributed by atoms with Crippen LogP contribution in [-0.4, -0.2) is 52.0 Å². The summed E-state index contributed by atoms with van der Waals surface area (Å²) >= 11 is 12.6. The molecule has 0 fully saturated rings. The molecule has 1 aromatic heterocycles. The summed E-state index contributed by atoms with van der Waals surface area (Å²) in [5.74, 6) is -0.749. The molecule has 0 saturated carbocycles. The summed E-state index contributed by atoms with van der Waals surface area (Å²) in [5, 5.41) is 3.76. The number of nitrogens with zero attached hydrogens (tertiary/aromatic N) is 4. The highest BCUT2D eigenvalue weighted by Gasteiger charge is 2.35. The Morgan fingerprint density at radius 1 is 1.30 bits per heavy atom. The van der Waals surface area contributed by atoms with E-state index in [4.69, 9.17) is 33.7 Å². The molecule has 1 aliphatic rings. The number of carbonyl (C=O) groups excluding carboxylic acids is 2. The zero-order valence-electron chi connectivity index (χ0n) is 18.8. The van der Waals surface area contributed by atoms with Gasteiger partial charge in [0.2, 0.25) is 11.9 Å². The van der Waals surface area contributed by atoms with Crippen molar-refractivity contribution in [2.45, 2.75) is 26.7 Å². The van der Waals surface area contributed by atoms with Gasteiger partial charge in [-0.05, 0) is 25.0 Å². The summed E-state index contributed by atoms with van der Waals surface area (Å²) in [6.45, 7) is 4.31. The van der Waals surface area contributed by atoms with E-state index in [-0.39, 0.29) is 24.4 Å². The van der Waals surface area contributed by atoms with E-state index in [9.17, 15) is 9.59 Å². The van der Waals surface area contributed by atoms with Gasteiger partial charge in [-0.2, -0.15) is 0 Å². The highest BCUT2D eigenvalue weighted by atomic mass is 35.5. The number of guanidine groups is 1. The number of imidazole rings is 1. The molecule has 0 aliphatic carbocycles. The summed E-state index contributed by atoms with van der Waals surface area (Å²) in [7, 11) is 1.89. The highest BCUT2D eigenvalue weighted by molar-refractivity contribution is 6.40. The molecular weight excluding hydrogens is 467 g/mol. The van der Waals surface area contributed by atoms with E-state index in [1.54, 1.807) is 29.6 Å². The topological polar surface area (TPSA) is 115 Å². The van der Waals surface area contributed by atoms with Gasteiger partial charge in [-0.3, -0.25) is 19.5 Å². The number of aryl methyl sites for hydroxylation is 1. The minimum Gasteiger partial charge on any atom is -0.466 e. The fourth-order valence-electron chi connectivity index (χ4n) is 3.89. The summed E-state index contributed by atoms with van der Waals surface area (Å²) in [5.41, 5.74) is 7.61. The Hall–Kier alpha value is -2.78. The number of hydrogen-bond donors (Lipinski definition) is 2. The summed E-state index contributed by atoms with van der Waals surface area (Å²) < 4.78 is 7.22. The fraction of sp³-hybridized carbons (Fsp3) is 0.455. The Morgan fingerprint density at radius 2 is 2.00 bits per heavy atom. The molecule has 0 saturated heterocycles. The lowest BCUT2D eigenvalue weighted by Crippen LogP contribution is -2.45. The number of carbonyl (C=O) groups is 2. The average Bonchev–Trinajstić information content (AvgIpc) is 3.37. The number of aliphatic imine (C=N–C) groups is 1. The van der Waals surface area contributed by atoms with E-state index >= 15 is 0 Å². The normalized spacial score (nSPS) is 15.2. The van der Waals surface area contributed by atoms with Crippen molar-refractivity contribution in [3.63, 3.8) is 0 Å². The van der Waals surface area contributed by atoms with E-state index in [1.807, 2.05) is 18.5 Å². The number of hydrogen-bond acceptors (Lipinski definition) is 7. The minimum atomic E-state index is -0.401. The van der Waals surface area contributed by atoms with Gasteiger partial charge >= 0.3 is 5.97 Å². The van der Waals surface area contributed by atoms with Crippen LogP contribution < -0.4 is 11.1 Å². The molecule has 2 heterocycles. The lowest BCUT2D eigenvalue weighted by atomic mass is 9.85. The second-order valence-corrected chi connectivity index (χ2v) is 8.77. The highest BCUT2D eigenvalue weighted by Crippen LogP contribution is 2.33. The number of benzene rings is 1. The molecule has 3 N–H and O–H groups in total. The van der Waals surface area contributed by atoms with Gasteiger partial charge in [0.05, 0.1) is 35.2 Å². The minimum absolute atomic E-state index is 0.108. The van der Waals surface area contributed by atoms with Gasteiger partial charge in [-0.15, -0.1) is 0 Å². The van der Waals surface area contributed by atoms with E-state index < -0.39 is 5.92 Å². The van der Waals surface area contributed by atoms with Crippen LogP contribution in [0.2, 0.25) is 10.0 Å². The van der Waals surface area contributed by atoms with Gasteiger partial charge in [0.1, 0.15) is 0 Å². The van der Waals surface area contributed by atoms with Crippen molar-refractivity contribution in [3.8, 4) is 0 Å². The number of esters is 1. The van der Waals surface area contributed by atoms with Crippen LogP contribution in [0.3, 0.4) is 0 Å². The molecule has 0 radical (unpaired) electrons. The first-order valence-electron chi connectivity index (χ1n) is 10.7. The fourth-order valence-corrected chi connectivity index (χ4v) is 4.49. The maximum absolute atomic E-state index is 13.7. The van der Waals surface area contributed by atoms with Gasteiger partial charge in [-0.1, -0.05) is 30.1 Å². The van der Waals surface area contributed by atoms with Crippen LogP contribution in [0.1, 0.15) is 26.0 Å². The first-order valence-corrected chi connectivity index (χ1v) is 11.4. The van der Waals surface area contributed by atoms with Crippen molar-refractivity contribution in [2.24, 2.45) is 23.9 Å². The van der Waals surface area contributed by atoms with Crippen molar-refractivity contribution in [1.82, 2.24) is 14.5 Å². The Balaban J connectivity index is 1.82. The predicted molar refractivity (Wildman–Crippen MR) is 129 cm³/mol. The van der Waals surface area contributed by atoms with Crippen LogP contribution >= 0.6 is 23.2 Å². The number of nitrogens with two attached hydrogens (primary N) is 1. The molecule has 0 bridgehead atoms. The Morgan fingerprint density at radius 3 is 2.58 bits per heavy atom. The summed E-state index contributed by atoms with van der Waals surface area (Å²) in [4.78, 5) is 35.4. The second kappa shape index (κ2) is 10.9. The smallest absolute Gasteiger partial charge is 0.302 e. The standard InChI is InChI=1S/C22H28Cl2N6O3/c1-4-17(14(11-33-13(2)31)7-16-10-26-12-29(16)3)21(32)30-6-5-27-22(30)28-20-18(23)8-15(25)9-19(20)24/h8-10,12,14,17H,4-7,11,25H2,1-3H3,(H,27,28)/t14-,17?/m0/s1. The zero-order chi connectivity index (χ0) is 24.1. The zero-order valence-corrected chi connectivity index (χ0v) is 20.4. The molecule has 3 rings (SSSR count). The monoisotopic (exact) mass is 494 g/mol. The SMILES string of the molecule is CCC(C(=O)N1CCN=C1Nc1c(Cl)cc(N)cc1Cl)[C@H](COC(C)=O)Cc1cncn1C. The van der Waals surface area contributed by atoms with Gasteiger partial charge in [0.25, 0.3) is 0 Å². The number of nitrogens with one attached hydrogen (secondary N) is 1. The first kappa shape index (κ1) is 24.9. The van der Waals surface area contributed by atoms with Crippen LogP contribution in [0, 0.1) is 11.8 Å². The van der Waals surface area contributed by atoms with Gasteiger partial charge in [0, 0.05) is 49.9 Å². The molecule has 11 heteroatoms.